The number of piperazine rings is 1. The quantitative estimate of drug-likeness (QED) is 0.875. The van der Waals surface area contributed by atoms with E-state index in [1.54, 1.807) is 11.0 Å². The van der Waals surface area contributed by atoms with Crippen molar-refractivity contribution in [3.05, 3.63) is 52.9 Å². The summed E-state index contributed by atoms with van der Waals surface area (Å²) < 4.78 is 5.24. The van der Waals surface area contributed by atoms with Crippen molar-refractivity contribution in [3.8, 4) is 0 Å². The smallest absolute Gasteiger partial charge is 0.251 e. The Morgan fingerprint density at radius 2 is 1.88 bits per heavy atom. The first kappa shape index (κ1) is 18.1. The number of nitrogens with zero attached hydrogens (tertiary/aromatic N) is 3. The summed E-state index contributed by atoms with van der Waals surface area (Å²) in [5.41, 5.74) is 2.37. The summed E-state index contributed by atoms with van der Waals surface area (Å²) in [6.45, 7) is 7.34. The number of hydrogen-bond donors (Lipinski definition) is 1. The van der Waals surface area contributed by atoms with Crippen LogP contribution in [-0.4, -0.2) is 59.5 Å². The Morgan fingerprint density at radius 3 is 2.54 bits per heavy atom. The second-order valence-electron chi connectivity index (χ2n) is 6.59. The Kier molecular flexibility index (Phi) is 5.68. The largest absolute Gasteiger partial charge is 0.360 e. The number of rotatable bonds is 5. The van der Waals surface area contributed by atoms with Gasteiger partial charge in [-0.2, -0.15) is 0 Å². The zero-order valence-corrected chi connectivity index (χ0v) is 15.2. The van der Waals surface area contributed by atoms with Crippen molar-refractivity contribution < 1.29 is 14.1 Å². The van der Waals surface area contributed by atoms with Gasteiger partial charge in [0.1, 0.15) is 0 Å². The summed E-state index contributed by atoms with van der Waals surface area (Å²) in [5.74, 6) is 0.575. The molecule has 7 heteroatoms. The molecule has 0 atom stereocenters. The molecular formula is C19H24N4O3. The van der Waals surface area contributed by atoms with Crippen molar-refractivity contribution in [2.75, 3.05) is 32.7 Å². The number of hydrogen-bond acceptors (Lipinski definition) is 5. The topological polar surface area (TPSA) is 78.7 Å². The number of aromatic nitrogens is 1. The van der Waals surface area contributed by atoms with Crippen molar-refractivity contribution in [1.29, 1.82) is 0 Å². The molecular weight excluding hydrogens is 332 g/mol. The van der Waals surface area contributed by atoms with Crippen LogP contribution in [0.1, 0.15) is 27.4 Å². The van der Waals surface area contributed by atoms with Crippen LogP contribution in [-0.2, 0) is 11.3 Å². The standard InChI is InChI=1S/C19H24N4O3/c1-14-5-3-4-6-17(14)19(25)20-12-18(24)23-9-7-22(8-10-23)13-16-11-15(2)21-26-16/h3-6,11H,7-10,12-13H2,1-2H3,(H,20,25). The molecule has 0 saturated carbocycles. The molecule has 1 aliphatic heterocycles. The van der Waals surface area contributed by atoms with Crippen molar-refractivity contribution in [2.24, 2.45) is 0 Å². The minimum absolute atomic E-state index is 0.0223. The van der Waals surface area contributed by atoms with Crippen molar-refractivity contribution >= 4 is 11.8 Å². The number of amides is 2. The fraction of sp³-hybridized carbons (Fsp3) is 0.421. The number of benzene rings is 1. The summed E-state index contributed by atoms with van der Waals surface area (Å²) in [7, 11) is 0. The molecule has 2 amide bonds. The van der Waals surface area contributed by atoms with Gasteiger partial charge in [0.05, 0.1) is 18.8 Å². The lowest BCUT2D eigenvalue weighted by atomic mass is 10.1. The molecule has 2 aromatic rings. The number of carbonyl (C=O) groups is 2. The van der Waals surface area contributed by atoms with Gasteiger partial charge in [0.25, 0.3) is 5.91 Å². The second kappa shape index (κ2) is 8.14. The van der Waals surface area contributed by atoms with Crippen LogP contribution in [0.4, 0.5) is 0 Å². The van der Waals surface area contributed by atoms with E-state index in [0.717, 1.165) is 30.1 Å². The molecule has 7 nitrogen and oxygen atoms in total. The third-order valence-electron chi connectivity index (χ3n) is 4.57. The zero-order chi connectivity index (χ0) is 18.5. The Balaban J connectivity index is 1.43. The fourth-order valence-electron chi connectivity index (χ4n) is 3.06. The highest BCUT2D eigenvalue weighted by atomic mass is 16.5. The third kappa shape index (κ3) is 4.49. The summed E-state index contributed by atoms with van der Waals surface area (Å²) in [6.07, 6.45) is 0. The molecule has 0 aliphatic carbocycles. The number of aryl methyl sites for hydroxylation is 2. The Labute approximate surface area is 152 Å². The van der Waals surface area contributed by atoms with Crippen LogP contribution < -0.4 is 5.32 Å². The van der Waals surface area contributed by atoms with E-state index < -0.39 is 0 Å². The Morgan fingerprint density at radius 1 is 1.15 bits per heavy atom. The summed E-state index contributed by atoms with van der Waals surface area (Å²) >= 11 is 0. The van der Waals surface area contributed by atoms with Gasteiger partial charge in [-0.1, -0.05) is 23.4 Å². The summed E-state index contributed by atoms with van der Waals surface area (Å²) in [6, 6.07) is 9.28. The first-order valence-electron chi connectivity index (χ1n) is 8.79. The summed E-state index contributed by atoms with van der Waals surface area (Å²) in [5, 5.41) is 6.61. The lowest BCUT2D eigenvalue weighted by Crippen LogP contribution is -2.50. The molecule has 138 valence electrons. The van der Waals surface area contributed by atoms with E-state index in [2.05, 4.69) is 15.4 Å². The van der Waals surface area contributed by atoms with Gasteiger partial charge in [-0.25, -0.2) is 0 Å². The van der Waals surface area contributed by atoms with Crippen LogP contribution in [0.2, 0.25) is 0 Å². The van der Waals surface area contributed by atoms with Crippen LogP contribution >= 0.6 is 0 Å². The lowest BCUT2D eigenvalue weighted by Gasteiger charge is -2.34. The van der Waals surface area contributed by atoms with Gasteiger partial charge in [-0.05, 0) is 25.5 Å². The van der Waals surface area contributed by atoms with Crippen molar-refractivity contribution in [1.82, 2.24) is 20.3 Å². The van der Waals surface area contributed by atoms with Gasteiger partial charge < -0.3 is 14.7 Å². The normalized spacial score (nSPS) is 15.1. The minimum Gasteiger partial charge on any atom is -0.360 e. The second-order valence-corrected chi connectivity index (χ2v) is 6.59. The molecule has 0 unspecified atom stereocenters. The predicted molar refractivity (Wildman–Crippen MR) is 96.6 cm³/mol. The zero-order valence-electron chi connectivity index (χ0n) is 15.2. The number of nitrogens with one attached hydrogen (secondary N) is 1. The van der Waals surface area contributed by atoms with Gasteiger partial charge >= 0.3 is 0 Å². The maximum atomic E-state index is 12.4. The fourth-order valence-corrected chi connectivity index (χ4v) is 3.06. The van der Waals surface area contributed by atoms with Gasteiger partial charge in [-0.15, -0.1) is 0 Å². The first-order valence-corrected chi connectivity index (χ1v) is 8.79. The molecule has 26 heavy (non-hydrogen) atoms. The van der Waals surface area contributed by atoms with E-state index in [-0.39, 0.29) is 18.4 Å². The van der Waals surface area contributed by atoms with E-state index in [1.807, 2.05) is 38.1 Å². The molecule has 0 spiro atoms. The van der Waals surface area contributed by atoms with Gasteiger partial charge in [0.15, 0.2) is 5.76 Å². The summed E-state index contributed by atoms with van der Waals surface area (Å²) in [4.78, 5) is 28.6. The molecule has 2 heterocycles. The molecule has 1 N–H and O–H groups in total. The van der Waals surface area contributed by atoms with Crippen molar-refractivity contribution in [3.63, 3.8) is 0 Å². The van der Waals surface area contributed by atoms with Crippen LogP contribution in [0.5, 0.6) is 0 Å². The predicted octanol–water partition coefficient (Wildman–Crippen LogP) is 1.37. The molecule has 0 radical (unpaired) electrons. The van der Waals surface area contributed by atoms with E-state index >= 15 is 0 Å². The van der Waals surface area contributed by atoms with Crippen LogP contribution in [0.25, 0.3) is 0 Å². The van der Waals surface area contributed by atoms with Gasteiger partial charge in [0.2, 0.25) is 5.91 Å². The van der Waals surface area contributed by atoms with Crippen LogP contribution in [0, 0.1) is 13.8 Å². The molecule has 1 fully saturated rings. The monoisotopic (exact) mass is 356 g/mol. The SMILES string of the molecule is Cc1cc(CN2CCN(C(=O)CNC(=O)c3ccccc3C)CC2)on1. The maximum Gasteiger partial charge on any atom is 0.251 e. The lowest BCUT2D eigenvalue weighted by molar-refractivity contribution is -0.131. The average Bonchev–Trinajstić information content (AvgIpc) is 3.05. The average molecular weight is 356 g/mol. The highest BCUT2D eigenvalue weighted by Crippen LogP contribution is 2.10. The van der Waals surface area contributed by atoms with E-state index in [4.69, 9.17) is 4.52 Å². The first-order chi connectivity index (χ1) is 12.5. The van der Waals surface area contributed by atoms with Crippen LogP contribution in [0.15, 0.2) is 34.9 Å². The number of carbonyl (C=O) groups excluding carboxylic acids is 2. The molecule has 0 bridgehead atoms. The highest BCUT2D eigenvalue weighted by Gasteiger charge is 2.22. The Hall–Kier alpha value is -2.67. The van der Waals surface area contributed by atoms with Crippen molar-refractivity contribution in [2.45, 2.75) is 20.4 Å². The molecule has 1 saturated heterocycles. The van der Waals surface area contributed by atoms with E-state index in [1.165, 1.54) is 0 Å². The molecule has 1 aromatic heterocycles. The van der Waals surface area contributed by atoms with Gasteiger partial charge in [0, 0.05) is 37.8 Å². The molecule has 1 aromatic carbocycles. The Bertz CT molecular complexity index is 779. The molecule has 1 aliphatic rings. The van der Waals surface area contributed by atoms with Crippen LogP contribution in [0.3, 0.4) is 0 Å². The highest BCUT2D eigenvalue weighted by molar-refractivity contribution is 5.97. The minimum atomic E-state index is -0.212. The maximum absolute atomic E-state index is 12.4. The van der Waals surface area contributed by atoms with E-state index in [9.17, 15) is 9.59 Å². The van der Waals surface area contributed by atoms with E-state index in [0.29, 0.717) is 25.2 Å². The third-order valence-corrected chi connectivity index (χ3v) is 4.57. The molecule has 3 rings (SSSR count). The van der Waals surface area contributed by atoms with Gasteiger partial charge in [-0.3, -0.25) is 14.5 Å².